The van der Waals surface area contributed by atoms with Crippen LogP contribution in [0.1, 0.15) is 25.7 Å². The first-order valence-electron chi connectivity index (χ1n) is 8.52. The Balaban J connectivity index is 1.66. The lowest BCUT2D eigenvalue weighted by molar-refractivity contribution is 0.242. The lowest BCUT2D eigenvalue weighted by atomic mass is 9.90. The van der Waals surface area contributed by atoms with Gasteiger partial charge in [0.15, 0.2) is 0 Å². The maximum absolute atomic E-state index is 13.2. The van der Waals surface area contributed by atoms with Crippen molar-refractivity contribution in [2.45, 2.75) is 37.8 Å². The predicted molar refractivity (Wildman–Crippen MR) is 107 cm³/mol. The SMILES string of the molecule is O=C(Nc1ccc(F)c(Cl)c1)N[C@H]1CCCC[C@@H]1Nc1c(Cl)cncc1Cl. The van der Waals surface area contributed by atoms with E-state index in [2.05, 4.69) is 20.9 Å². The molecule has 0 unspecified atom stereocenters. The number of hydrogen-bond acceptors (Lipinski definition) is 3. The zero-order chi connectivity index (χ0) is 19.4. The van der Waals surface area contributed by atoms with Crippen LogP contribution in [0, 0.1) is 5.82 Å². The molecular weight excluding hydrogens is 414 g/mol. The fourth-order valence-corrected chi connectivity index (χ4v) is 3.77. The van der Waals surface area contributed by atoms with Crippen LogP contribution in [0.2, 0.25) is 15.1 Å². The number of carbonyl (C=O) groups excluding carboxylic acids is 1. The van der Waals surface area contributed by atoms with Crippen LogP contribution in [0.25, 0.3) is 0 Å². The van der Waals surface area contributed by atoms with Gasteiger partial charge in [-0.05, 0) is 31.0 Å². The Morgan fingerprint density at radius 1 is 1.04 bits per heavy atom. The molecule has 3 N–H and O–H groups in total. The molecule has 2 amide bonds. The van der Waals surface area contributed by atoms with Gasteiger partial charge >= 0.3 is 6.03 Å². The molecule has 0 bridgehead atoms. The number of nitrogens with zero attached hydrogens (tertiary/aromatic N) is 1. The monoisotopic (exact) mass is 430 g/mol. The number of hydrogen-bond donors (Lipinski definition) is 3. The van der Waals surface area contributed by atoms with E-state index in [1.165, 1.54) is 30.6 Å². The summed E-state index contributed by atoms with van der Waals surface area (Å²) in [5.41, 5.74) is 1.03. The first-order valence-corrected chi connectivity index (χ1v) is 9.65. The van der Waals surface area contributed by atoms with Crippen molar-refractivity contribution in [3.8, 4) is 0 Å². The Morgan fingerprint density at radius 3 is 2.37 bits per heavy atom. The molecule has 0 spiro atoms. The number of benzene rings is 1. The first-order chi connectivity index (χ1) is 12.9. The zero-order valence-electron chi connectivity index (χ0n) is 14.2. The zero-order valence-corrected chi connectivity index (χ0v) is 16.5. The van der Waals surface area contributed by atoms with E-state index in [0.717, 1.165) is 25.7 Å². The van der Waals surface area contributed by atoms with Crippen LogP contribution in [-0.4, -0.2) is 23.1 Å². The van der Waals surface area contributed by atoms with Crippen molar-refractivity contribution in [2.75, 3.05) is 10.6 Å². The van der Waals surface area contributed by atoms with Crippen LogP contribution in [0.4, 0.5) is 20.6 Å². The summed E-state index contributed by atoms with van der Waals surface area (Å²) in [4.78, 5) is 16.3. The van der Waals surface area contributed by atoms with Crippen LogP contribution in [0.15, 0.2) is 30.6 Å². The average molecular weight is 432 g/mol. The molecule has 0 saturated heterocycles. The van der Waals surface area contributed by atoms with Crippen molar-refractivity contribution in [1.82, 2.24) is 10.3 Å². The number of amides is 2. The lowest BCUT2D eigenvalue weighted by Crippen LogP contribution is -2.49. The molecule has 0 aliphatic heterocycles. The van der Waals surface area contributed by atoms with Crippen molar-refractivity contribution in [3.63, 3.8) is 0 Å². The summed E-state index contributed by atoms with van der Waals surface area (Å²) in [5.74, 6) is -0.537. The minimum atomic E-state index is -0.537. The van der Waals surface area contributed by atoms with Gasteiger partial charge in [0.1, 0.15) is 5.82 Å². The Hall–Kier alpha value is -1.76. The standard InChI is InChI=1S/C18H18Cl3FN4O/c19-11-7-10(5-6-14(11)22)24-18(27)26-16-4-2-1-3-15(16)25-17-12(20)8-23-9-13(17)21/h5-9,15-16H,1-4H2,(H,23,25)(H2,24,26,27)/t15-,16-/m0/s1. The maximum atomic E-state index is 13.2. The molecule has 1 aromatic carbocycles. The van der Waals surface area contributed by atoms with Crippen LogP contribution in [-0.2, 0) is 0 Å². The summed E-state index contributed by atoms with van der Waals surface area (Å²) in [6.45, 7) is 0. The normalized spacial score (nSPS) is 19.4. The molecule has 1 aliphatic carbocycles. The van der Waals surface area contributed by atoms with E-state index in [4.69, 9.17) is 34.8 Å². The largest absolute Gasteiger partial charge is 0.378 e. The molecule has 27 heavy (non-hydrogen) atoms. The fraction of sp³-hybridized carbons (Fsp3) is 0.333. The number of carbonyl (C=O) groups is 1. The number of nitrogens with one attached hydrogen (secondary N) is 3. The minimum Gasteiger partial charge on any atom is -0.378 e. The number of pyridine rings is 1. The minimum absolute atomic E-state index is 0.0290. The lowest BCUT2D eigenvalue weighted by Gasteiger charge is -2.33. The van der Waals surface area contributed by atoms with Crippen LogP contribution < -0.4 is 16.0 Å². The number of rotatable bonds is 4. The van der Waals surface area contributed by atoms with E-state index in [0.29, 0.717) is 21.4 Å². The van der Waals surface area contributed by atoms with Gasteiger partial charge in [-0.3, -0.25) is 4.98 Å². The van der Waals surface area contributed by atoms with Gasteiger partial charge in [0, 0.05) is 24.1 Å². The van der Waals surface area contributed by atoms with Gasteiger partial charge in [-0.2, -0.15) is 0 Å². The molecule has 5 nitrogen and oxygen atoms in total. The quantitative estimate of drug-likeness (QED) is 0.579. The van der Waals surface area contributed by atoms with E-state index in [1.54, 1.807) is 0 Å². The molecule has 2 aromatic rings. The summed E-state index contributed by atoms with van der Waals surface area (Å²) >= 11 is 18.1. The van der Waals surface area contributed by atoms with Gasteiger partial charge in [0.25, 0.3) is 0 Å². The number of urea groups is 1. The third kappa shape index (κ3) is 5.15. The third-order valence-corrected chi connectivity index (χ3v) is 5.31. The molecule has 1 heterocycles. The number of aromatic nitrogens is 1. The molecule has 144 valence electrons. The van der Waals surface area contributed by atoms with E-state index in [1.807, 2.05) is 0 Å². The summed E-state index contributed by atoms with van der Waals surface area (Å²) in [7, 11) is 0. The van der Waals surface area contributed by atoms with Gasteiger partial charge in [-0.15, -0.1) is 0 Å². The highest BCUT2D eigenvalue weighted by molar-refractivity contribution is 6.38. The van der Waals surface area contributed by atoms with E-state index < -0.39 is 5.82 Å². The smallest absolute Gasteiger partial charge is 0.319 e. The summed E-state index contributed by atoms with van der Waals surface area (Å²) in [6.07, 6.45) is 6.75. The van der Waals surface area contributed by atoms with Crippen LogP contribution in [0.3, 0.4) is 0 Å². The molecule has 9 heteroatoms. The fourth-order valence-electron chi connectivity index (χ4n) is 3.12. The van der Waals surface area contributed by atoms with Gasteiger partial charge in [-0.1, -0.05) is 47.6 Å². The van der Waals surface area contributed by atoms with Crippen LogP contribution >= 0.6 is 34.8 Å². The third-order valence-electron chi connectivity index (χ3n) is 4.44. The van der Waals surface area contributed by atoms with Crippen LogP contribution in [0.5, 0.6) is 0 Å². The molecule has 0 radical (unpaired) electrons. The second kappa shape index (κ2) is 8.95. The Kier molecular flexibility index (Phi) is 6.63. The van der Waals surface area contributed by atoms with Gasteiger partial charge < -0.3 is 16.0 Å². The first kappa shape index (κ1) is 20.0. The molecule has 1 aromatic heterocycles. The van der Waals surface area contributed by atoms with E-state index in [-0.39, 0.29) is 23.1 Å². The summed E-state index contributed by atoms with van der Waals surface area (Å²) in [5, 5.41) is 9.78. The second-order valence-electron chi connectivity index (χ2n) is 6.35. The number of halogens is 4. The van der Waals surface area contributed by atoms with E-state index >= 15 is 0 Å². The summed E-state index contributed by atoms with van der Waals surface area (Å²) < 4.78 is 13.2. The molecule has 1 saturated carbocycles. The van der Waals surface area contributed by atoms with Crippen molar-refractivity contribution < 1.29 is 9.18 Å². The van der Waals surface area contributed by atoms with Gasteiger partial charge in [0.05, 0.1) is 26.8 Å². The van der Waals surface area contributed by atoms with Gasteiger partial charge in [0.2, 0.25) is 0 Å². The topological polar surface area (TPSA) is 66.1 Å². The predicted octanol–water partition coefficient (Wildman–Crippen LogP) is 5.73. The number of anilines is 2. The Morgan fingerprint density at radius 2 is 1.70 bits per heavy atom. The van der Waals surface area contributed by atoms with Crippen molar-refractivity contribution in [1.29, 1.82) is 0 Å². The van der Waals surface area contributed by atoms with Crippen molar-refractivity contribution >= 4 is 52.2 Å². The average Bonchev–Trinajstić information content (AvgIpc) is 2.63. The molecular formula is C18H18Cl3FN4O. The molecule has 3 rings (SSSR count). The van der Waals surface area contributed by atoms with Gasteiger partial charge in [-0.25, -0.2) is 9.18 Å². The second-order valence-corrected chi connectivity index (χ2v) is 7.57. The molecule has 1 aliphatic rings. The highest BCUT2D eigenvalue weighted by Crippen LogP contribution is 2.32. The Bertz CT molecular complexity index is 816. The van der Waals surface area contributed by atoms with E-state index in [9.17, 15) is 9.18 Å². The summed E-state index contributed by atoms with van der Waals surface area (Å²) in [6, 6.07) is 3.49. The molecule has 1 fully saturated rings. The highest BCUT2D eigenvalue weighted by Gasteiger charge is 2.27. The van der Waals surface area contributed by atoms with Crippen molar-refractivity contribution in [2.24, 2.45) is 0 Å². The Labute approximate surface area is 171 Å². The highest BCUT2D eigenvalue weighted by atomic mass is 35.5. The van der Waals surface area contributed by atoms with Crippen molar-refractivity contribution in [3.05, 3.63) is 51.5 Å². The maximum Gasteiger partial charge on any atom is 0.319 e. The molecule has 2 atom stereocenters.